The summed E-state index contributed by atoms with van der Waals surface area (Å²) in [6, 6.07) is 0. The van der Waals surface area contributed by atoms with E-state index in [4.69, 9.17) is 5.73 Å². The van der Waals surface area contributed by atoms with Crippen molar-refractivity contribution in [1.82, 2.24) is 20.1 Å². The second-order valence-corrected chi connectivity index (χ2v) is 8.63. The quantitative estimate of drug-likeness (QED) is 0.647. The number of nitrogens with one attached hydrogen (secondary N) is 2. The zero-order valence-corrected chi connectivity index (χ0v) is 18.3. The van der Waals surface area contributed by atoms with Crippen LogP contribution < -0.4 is 16.4 Å². The maximum absolute atomic E-state index is 12.6. The maximum atomic E-state index is 12.6. The number of primary amides is 1. The van der Waals surface area contributed by atoms with E-state index in [1.165, 1.54) is 10.3 Å². The summed E-state index contributed by atoms with van der Waals surface area (Å²) < 4.78 is 1.37. The van der Waals surface area contributed by atoms with E-state index in [1.807, 2.05) is 6.92 Å². The van der Waals surface area contributed by atoms with Crippen molar-refractivity contribution in [2.75, 3.05) is 18.4 Å². The largest absolute Gasteiger partial charge is 0.368 e. The van der Waals surface area contributed by atoms with Crippen molar-refractivity contribution in [2.45, 2.75) is 34.1 Å². The van der Waals surface area contributed by atoms with Gasteiger partial charge in [-0.3, -0.25) is 9.59 Å². The van der Waals surface area contributed by atoms with Crippen LogP contribution in [0.4, 0.5) is 11.9 Å². The van der Waals surface area contributed by atoms with Gasteiger partial charge in [-0.05, 0) is 23.5 Å². The first-order chi connectivity index (χ1) is 14.6. The summed E-state index contributed by atoms with van der Waals surface area (Å²) in [5.74, 6) is -0.551. The third-order valence-electron chi connectivity index (χ3n) is 4.90. The smallest absolute Gasteiger partial charge is 0.270 e. The second-order valence-electron chi connectivity index (χ2n) is 8.63. The van der Waals surface area contributed by atoms with Gasteiger partial charge < -0.3 is 16.4 Å². The third kappa shape index (κ3) is 5.78. The molecule has 1 unspecified atom stereocenters. The number of hydrogen-bond donors (Lipinski definition) is 3. The van der Waals surface area contributed by atoms with Crippen molar-refractivity contribution in [3.63, 3.8) is 0 Å². The minimum absolute atomic E-state index is 0.0979. The van der Waals surface area contributed by atoms with Crippen LogP contribution in [0.5, 0.6) is 0 Å². The highest BCUT2D eigenvalue weighted by Gasteiger charge is 2.22. The number of allylic oxidation sites excluding steroid dienone is 5. The lowest BCUT2D eigenvalue weighted by Crippen LogP contribution is -2.35. The molecule has 2 aliphatic rings. The van der Waals surface area contributed by atoms with Crippen LogP contribution in [-0.4, -0.2) is 45.9 Å². The molecule has 1 aromatic heterocycles. The van der Waals surface area contributed by atoms with E-state index in [2.05, 4.69) is 70.8 Å². The Kier molecular flexibility index (Phi) is 6.53. The molecule has 2 heterocycles. The monoisotopic (exact) mass is 423 g/mol. The van der Waals surface area contributed by atoms with Crippen LogP contribution in [0.2, 0.25) is 0 Å². The molecule has 0 saturated heterocycles. The standard InChI is InChI=1S/C22H29N7O2/c1-14-10-17(19(31)24-13-18(23)30)29-21(26-11-14)27-20(28-29)25-12-15-6-5-7-16(9-8-15)22(2,3)4/h5-6,8-11,14H,7,12-13H2,1-4H3,(H2,23,30)(H,24,31)(H,25,28). The Labute approximate surface area is 181 Å². The van der Waals surface area contributed by atoms with Gasteiger partial charge >= 0.3 is 0 Å². The summed E-state index contributed by atoms with van der Waals surface area (Å²) in [6.07, 6.45) is 12.8. The lowest BCUT2D eigenvalue weighted by molar-refractivity contribution is -0.121. The molecular weight excluding hydrogens is 394 g/mol. The van der Waals surface area contributed by atoms with Crippen LogP contribution in [0.15, 0.2) is 46.5 Å². The summed E-state index contributed by atoms with van der Waals surface area (Å²) in [5.41, 5.74) is 7.95. The number of aliphatic imine (C=N–C) groups is 1. The molecule has 9 heteroatoms. The number of rotatable bonds is 6. The van der Waals surface area contributed by atoms with Crippen LogP contribution in [0.3, 0.4) is 0 Å². The number of carbonyl (C=O) groups excluding carboxylic acids is 2. The molecular formula is C22H29N7O2. The van der Waals surface area contributed by atoms with Gasteiger partial charge in [0.2, 0.25) is 11.9 Å². The Balaban J connectivity index is 1.76. The summed E-state index contributed by atoms with van der Waals surface area (Å²) >= 11 is 0. The van der Waals surface area contributed by atoms with Crippen LogP contribution in [0, 0.1) is 11.3 Å². The van der Waals surface area contributed by atoms with Crippen LogP contribution in [0.25, 0.3) is 5.70 Å². The number of amides is 2. The van der Waals surface area contributed by atoms with Crippen molar-refractivity contribution in [2.24, 2.45) is 22.1 Å². The number of fused-ring (bicyclic) bond motifs is 1. The van der Waals surface area contributed by atoms with Gasteiger partial charge in [-0.15, -0.1) is 5.10 Å². The topological polar surface area (TPSA) is 127 Å². The van der Waals surface area contributed by atoms with Crippen LogP contribution >= 0.6 is 0 Å². The Bertz CT molecular complexity index is 1020. The number of nitrogens with zero attached hydrogens (tertiary/aromatic N) is 4. The Morgan fingerprint density at radius 1 is 1.29 bits per heavy atom. The van der Waals surface area contributed by atoms with E-state index >= 15 is 0 Å². The number of hydrogen-bond acceptors (Lipinski definition) is 6. The van der Waals surface area contributed by atoms with Gasteiger partial charge in [0.15, 0.2) is 0 Å². The molecule has 1 aromatic rings. The van der Waals surface area contributed by atoms with Crippen molar-refractivity contribution in [1.29, 1.82) is 0 Å². The maximum Gasteiger partial charge on any atom is 0.270 e. The van der Waals surface area contributed by atoms with Crippen molar-refractivity contribution in [3.05, 3.63) is 41.5 Å². The normalized spacial score (nSPS) is 18.2. The molecule has 2 amide bonds. The molecule has 0 spiro atoms. The van der Waals surface area contributed by atoms with E-state index < -0.39 is 11.8 Å². The minimum Gasteiger partial charge on any atom is -0.368 e. The molecule has 4 N–H and O–H groups in total. The number of aromatic nitrogens is 3. The summed E-state index contributed by atoms with van der Waals surface area (Å²) in [4.78, 5) is 32.3. The molecule has 0 bridgehead atoms. The molecule has 0 aromatic carbocycles. The molecule has 1 aliphatic heterocycles. The van der Waals surface area contributed by atoms with Gasteiger partial charge in [0.05, 0.1) is 6.54 Å². The summed E-state index contributed by atoms with van der Waals surface area (Å²) in [7, 11) is 0. The lowest BCUT2D eigenvalue weighted by Gasteiger charge is -2.21. The number of nitrogens with two attached hydrogens (primary N) is 1. The zero-order valence-electron chi connectivity index (χ0n) is 18.3. The van der Waals surface area contributed by atoms with Gasteiger partial charge in [0.25, 0.3) is 11.9 Å². The zero-order chi connectivity index (χ0) is 22.6. The minimum atomic E-state index is -0.624. The van der Waals surface area contributed by atoms with E-state index in [0.717, 1.165) is 12.0 Å². The lowest BCUT2D eigenvalue weighted by atomic mass is 9.84. The number of anilines is 1. The first-order valence-electron chi connectivity index (χ1n) is 10.2. The molecule has 0 radical (unpaired) electrons. The van der Waals surface area contributed by atoms with Gasteiger partial charge in [-0.2, -0.15) is 9.67 Å². The van der Waals surface area contributed by atoms with Crippen molar-refractivity contribution in [3.8, 4) is 0 Å². The van der Waals surface area contributed by atoms with Crippen LogP contribution in [-0.2, 0) is 9.59 Å². The summed E-state index contributed by atoms with van der Waals surface area (Å²) in [6.45, 7) is 8.78. The average molecular weight is 424 g/mol. The van der Waals surface area contributed by atoms with Gasteiger partial charge in [-0.1, -0.05) is 57.6 Å². The van der Waals surface area contributed by atoms with Crippen molar-refractivity contribution >= 4 is 35.6 Å². The first-order valence-corrected chi connectivity index (χ1v) is 10.2. The Morgan fingerprint density at radius 2 is 2.06 bits per heavy atom. The fourth-order valence-corrected chi connectivity index (χ4v) is 3.12. The molecule has 164 valence electrons. The molecule has 1 aliphatic carbocycles. The predicted octanol–water partition coefficient (Wildman–Crippen LogP) is 2.34. The fourth-order valence-electron chi connectivity index (χ4n) is 3.12. The van der Waals surface area contributed by atoms with Gasteiger partial charge in [0, 0.05) is 18.7 Å². The molecule has 9 nitrogen and oxygen atoms in total. The molecule has 3 rings (SSSR count). The second kappa shape index (κ2) is 9.11. The van der Waals surface area contributed by atoms with Gasteiger partial charge in [-0.25, -0.2) is 4.99 Å². The molecule has 1 atom stereocenters. The van der Waals surface area contributed by atoms with Gasteiger partial charge in [0.1, 0.15) is 5.70 Å². The van der Waals surface area contributed by atoms with E-state index in [9.17, 15) is 9.59 Å². The van der Waals surface area contributed by atoms with E-state index in [0.29, 0.717) is 12.5 Å². The van der Waals surface area contributed by atoms with E-state index in [-0.39, 0.29) is 29.5 Å². The molecule has 0 saturated carbocycles. The number of carbonyl (C=O) groups is 2. The third-order valence-corrected chi connectivity index (χ3v) is 4.90. The average Bonchev–Trinajstić information content (AvgIpc) is 2.84. The predicted molar refractivity (Wildman–Crippen MR) is 122 cm³/mol. The first kappa shape index (κ1) is 22.2. The highest BCUT2D eigenvalue weighted by Crippen LogP contribution is 2.30. The molecule has 31 heavy (non-hydrogen) atoms. The SMILES string of the molecule is CC1C=Nc2nc(NCC3=CC=C(C(C)(C)C)CC=C3)nn2C(C(=O)NCC(N)=O)=C1. The Hall–Kier alpha value is -3.49. The highest BCUT2D eigenvalue weighted by atomic mass is 16.2. The molecule has 0 fully saturated rings. The summed E-state index contributed by atoms with van der Waals surface area (Å²) in [5, 5.41) is 10.1. The highest BCUT2D eigenvalue weighted by molar-refractivity contribution is 6.15. The Morgan fingerprint density at radius 3 is 2.77 bits per heavy atom. The van der Waals surface area contributed by atoms with Crippen LogP contribution in [0.1, 0.15) is 34.1 Å². The fraction of sp³-hybridized carbons (Fsp3) is 0.409. The van der Waals surface area contributed by atoms with Crippen molar-refractivity contribution < 1.29 is 9.59 Å². The van der Waals surface area contributed by atoms with E-state index in [1.54, 1.807) is 12.3 Å².